The van der Waals surface area contributed by atoms with Crippen molar-refractivity contribution < 1.29 is 0 Å². The molecule has 2 heteroatoms. The second-order valence-electron chi connectivity index (χ2n) is 1.70. The van der Waals surface area contributed by atoms with Gasteiger partial charge in [0, 0.05) is 5.92 Å². The third-order valence-electron chi connectivity index (χ3n) is 1.17. The number of allylic oxidation sites excluding steroid dienone is 1. The van der Waals surface area contributed by atoms with E-state index in [-0.39, 0.29) is 10.8 Å². The number of alkyl halides is 2. The Bertz CT molecular complexity index is 82.1. The Morgan fingerprint density at radius 2 is 1.71 bits per heavy atom. The molecule has 0 nitrogen and oxygen atoms in total. The fourth-order valence-corrected chi connectivity index (χ4v) is 1.28. The summed E-state index contributed by atoms with van der Waals surface area (Å²) in [7, 11) is 0. The number of hydrogen-bond donors (Lipinski definition) is 0. The zero-order valence-electron chi connectivity index (χ0n) is 3.77. The largest absolute Gasteiger partial charge is 0.121 e. The minimum atomic E-state index is 0.152. The van der Waals surface area contributed by atoms with Crippen molar-refractivity contribution >= 4 is 23.2 Å². The highest BCUT2D eigenvalue weighted by Crippen LogP contribution is 2.42. The minimum absolute atomic E-state index is 0.152. The molecule has 1 aliphatic rings. The van der Waals surface area contributed by atoms with Crippen LogP contribution in [0.25, 0.3) is 0 Å². The fourth-order valence-electron chi connectivity index (χ4n) is 0.520. The molecule has 1 rings (SSSR count). The van der Waals surface area contributed by atoms with Crippen molar-refractivity contribution in [1.29, 1.82) is 0 Å². The third kappa shape index (κ3) is 0.777. The van der Waals surface area contributed by atoms with Gasteiger partial charge in [0.25, 0.3) is 0 Å². The Balaban J connectivity index is 2.37. The average Bonchev–Trinajstić information content (AvgIpc) is 2.17. The Morgan fingerprint density at radius 3 is 1.71 bits per heavy atom. The van der Waals surface area contributed by atoms with Gasteiger partial charge in [0.2, 0.25) is 0 Å². The van der Waals surface area contributed by atoms with Crippen LogP contribution in [0.15, 0.2) is 12.7 Å². The Labute approximate surface area is 53.1 Å². The van der Waals surface area contributed by atoms with E-state index in [1.807, 2.05) is 0 Å². The summed E-state index contributed by atoms with van der Waals surface area (Å²) < 4.78 is 0. The van der Waals surface area contributed by atoms with Gasteiger partial charge in [0.15, 0.2) is 0 Å². The van der Waals surface area contributed by atoms with Gasteiger partial charge < -0.3 is 0 Å². The summed E-state index contributed by atoms with van der Waals surface area (Å²) in [5, 5.41) is 0.304. The highest BCUT2D eigenvalue weighted by atomic mass is 35.5. The fraction of sp³-hybridized carbons (Fsp3) is 0.600. The van der Waals surface area contributed by atoms with Crippen LogP contribution in [0.5, 0.6) is 0 Å². The summed E-state index contributed by atoms with van der Waals surface area (Å²) in [6.45, 7) is 3.55. The standard InChI is InChI=1S/C5H6Cl2/c1-2-3-4(6)5(3)7/h2-5H,1H2. The van der Waals surface area contributed by atoms with Gasteiger partial charge in [-0.05, 0) is 0 Å². The highest BCUT2D eigenvalue weighted by molar-refractivity contribution is 6.34. The van der Waals surface area contributed by atoms with Crippen LogP contribution in [0.4, 0.5) is 0 Å². The Kier molecular flexibility index (Phi) is 1.31. The molecule has 1 saturated carbocycles. The van der Waals surface area contributed by atoms with Crippen LogP contribution in [0.3, 0.4) is 0 Å². The van der Waals surface area contributed by atoms with E-state index in [0.717, 1.165) is 0 Å². The van der Waals surface area contributed by atoms with Crippen molar-refractivity contribution in [3.8, 4) is 0 Å². The third-order valence-corrected chi connectivity index (χ3v) is 2.42. The van der Waals surface area contributed by atoms with Gasteiger partial charge in [0.1, 0.15) is 0 Å². The smallest absolute Gasteiger partial charge is 0.0583 e. The van der Waals surface area contributed by atoms with Gasteiger partial charge in [-0.15, -0.1) is 29.8 Å². The van der Waals surface area contributed by atoms with Gasteiger partial charge in [-0.2, -0.15) is 0 Å². The van der Waals surface area contributed by atoms with E-state index in [9.17, 15) is 0 Å². The van der Waals surface area contributed by atoms with Gasteiger partial charge in [0.05, 0.1) is 10.8 Å². The van der Waals surface area contributed by atoms with E-state index in [2.05, 4.69) is 6.58 Å². The van der Waals surface area contributed by atoms with Crippen molar-refractivity contribution in [3.63, 3.8) is 0 Å². The zero-order chi connectivity index (χ0) is 5.44. The lowest BCUT2D eigenvalue weighted by Crippen LogP contribution is -1.65. The molecule has 0 aromatic carbocycles. The van der Waals surface area contributed by atoms with Crippen LogP contribution in [0, 0.1) is 5.92 Å². The normalized spacial score (nSPS) is 48.6. The average molecular weight is 137 g/mol. The van der Waals surface area contributed by atoms with Gasteiger partial charge in [-0.3, -0.25) is 0 Å². The molecular formula is C5H6Cl2. The summed E-state index contributed by atoms with van der Waals surface area (Å²) in [4.78, 5) is 0. The molecule has 2 unspecified atom stereocenters. The van der Waals surface area contributed by atoms with E-state index in [1.165, 1.54) is 0 Å². The molecule has 0 aromatic rings. The number of rotatable bonds is 1. The zero-order valence-corrected chi connectivity index (χ0v) is 5.28. The van der Waals surface area contributed by atoms with E-state index < -0.39 is 0 Å². The van der Waals surface area contributed by atoms with Crippen molar-refractivity contribution in [2.24, 2.45) is 5.92 Å². The van der Waals surface area contributed by atoms with Crippen LogP contribution >= 0.6 is 23.2 Å². The number of hydrogen-bond acceptors (Lipinski definition) is 0. The van der Waals surface area contributed by atoms with Crippen LogP contribution in [0.1, 0.15) is 0 Å². The maximum Gasteiger partial charge on any atom is 0.0583 e. The first-order valence-corrected chi connectivity index (χ1v) is 3.05. The SMILES string of the molecule is C=CC1C(Cl)C1Cl. The van der Waals surface area contributed by atoms with E-state index in [1.54, 1.807) is 6.08 Å². The molecule has 0 spiro atoms. The molecule has 0 heterocycles. The molecule has 0 saturated heterocycles. The Hall–Kier alpha value is 0.320. The molecule has 1 aliphatic carbocycles. The molecular weight excluding hydrogens is 131 g/mol. The second-order valence-corrected chi connectivity index (χ2v) is 2.71. The summed E-state index contributed by atoms with van der Waals surface area (Å²) in [6, 6.07) is 0. The molecule has 0 aromatic heterocycles. The molecule has 0 bridgehead atoms. The second kappa shape index (κ2) is 1.68. The molecule has 7 heavy (non-hydrogen) atoms. The van der Waals surface area contributed by atoms with Crippen molar-refractivity contribution in [2.75, 3.05) is 0 Å². The predicted octanol–water partition coefficient (Wildman–Crippen LogP) is 2.02. The first-order chi connectivity index (χ1) is 3.27. The molecule has 0 radical (unpaired) electrons. The summed E-state index contributed by atoms with van der Waals surface area (Å²) >= 11 is 11.2. The van der Waals surface area contributed by atoms with Crippen LogP contribution in [-0.4, -0.2) is 10.8 Å². The highest BCUT2D eigenvalue weighted by Gasteiger charge is 2.45. The first-order valence-electron chi connectivity index (χ1n) is 2.18. The first kappa shape index (κ1) is 5.46. The van der Waals surface area contributed by atoms with Crippen molar-refractivity contribution in [3.05, 3.63) is 12.7 Å². The van der Waals surface area contributed by atoms with Crippen LogP contribution < -0.4 is 0 Å². The lowest BCUT2D eigenvalue weighted by Gasteiger charge is -1.70. The van der Waals surface area contributed by atoms with E-state index >= 15 is 0 Å². The minimum Gasteiger partial charge on any atom is -0.121 e. The number of halogens is 2. The van der Waals surface area contributed by atoms with Crippen molar-refractivity contribution in [1.82, 2.24) is 0 Å². The van der Waals surface area contributed by atoms with E-state index in [4.69, 9.17) is 23.2 Å². The molecule has 1 fully saturated rings. The predicted molar refractivity (Wildman–Crippen MR) is 33.0 cm³/mol. The maximum atomic E-state index is 5.60. The summed E-state index contributed by atoms with van der Waals surface area (Å²) in [5.74, 6) is 0.364. The van der Waals surface area contributed by atoms with Gasteiger partial charge in [-0.25, -0.2) is 0 Å². The molecule has 0 aliphatic heterocycles. The van der Waals surface area contributed by atoms with Crippen molar-refractivity contribution in [2.45, 2.75) is 10.8 Å². The van der Waals surface area contributed by atoms with E-state index in [0.29, 0.717) is 5.92 Å². The quantitative estimate of drug-likeness (QED) is 0.383. The monoisotopic (exact) mass is 136 g/mol. The molecule has 0 N–H and O–H groups in total. The lowest BCUT2D eigenvalue weighted by molar-refractivity contribution is 1.13. The Morgan fingerprint density at radius 1 is 1.29 bits per heavy atom. The van der Waals surface area contributed by atoms with Crippen LogP contribution in [0.2, 0.25) is 0 Å². The van der Waals surface area contributed by atoms with Gasteiger partial charge >= 0.3 is 0 Å². The molecule has 2 atom stereocenters. The summed E-state index contributed by atoms with van der Waals surface area (Å²) in [5.41, 5.74) is 0. The van der Waals surface area contributed by atoms with Gasteiger partial charge in [-0.1, -0.05) is 6.08 Å². The van der Waals surface area contributed by atoms with Crippen LogP contribution in [-0.2, 0) is 0 Å². The summed E-state index contributed by atoms with van der Waals surface area (Å²) in [6.07, 6.45) is 1.80. The molecule has 0 amide bonds. The lowest BCUT2D eigenvalue weighted by atomic mass is 10.4. The topological polar surface area (TPSA) is 0 Å². The molecule has 40 valence electrons. The maximum absolute atomic E-state index is 5.60.